The third-order valence-corrected chi connectivity index (χ3v) is 1.59. The minimum absolute atomic E-state index is 0.165. The van der Waals surface area contributed by atoms with Crippen molar-refractivity contribution >= 4 is 6.21 Å². The molecule has 0 aliphatic heterocycles. The van der Waals surface area contributed by atoms with Gasteiger partial charge in [-0.25, -0.2) is 4.39 Å². The zero-order valence-electron chi connectivity index (χ0n) is 7.27. The van der Waals surface area contributed by atoms with Gasteiger partial charge in [0.2, 0.25) is 0 Å². The lowest BCUT2D eigenvalue weighted by Gasteiger charge is -2.07. The summed E-state index contributed by atoms with van der Waals surface area (Å²) in [6.07, 6.45) is -3.41. The predicted octanol–water partition coefficient (Wildman–Crippen LogP) is 2.89. The van der Waals surface area contributed by atoms with Gasteiger partial charge in [-0.05, 0) is 18.2 Å². The van der Waals surface area contributed by atoms with Crippen LogP contribution >= 0.6 is 0 Å². The maximum absolute atomic E-state index is 12.9. The fourth-order valence-electron chi connectivity index (χ4n) is 0.958. The van der Waals surface area contributed by atoms with E-state index in [9.17, 15) is 17.6 Å². The predicted molar refractivity (Wildman–Crippen MR) is 44.9 cm³/mol. The van der Waals surface area contributed by atoms with E-state index in [1.807, 2.05) is 0 Å². The summed E-state index contributed by atoms with van der Waals surface area (Å²) in [5.41, 5.74) is -1.05. The van der Waals surface area contributed by atoms with Crippen LogP contribution in [0.15, 0.2) is 23.2 Å². The highest BCUT2D eigenvalue weighted by Crippen LogP contribution is 2.29. The molecule has 0 saturated heterocycles. The molecule has 14 heavy (non-hydrogen) atoms. The Hall–Kier alpha value is -1.39. The lowest BCUT2D eigenvalue weighted by molar-refractivity contribution is -0.137. The Morgan fingerprint density at radius 3 is 2.43 bits per heavy atom. The summed E-state index contributed by atoms with van der Waals surface area (Å²) in [7, 11) is 1.36. The summed E-state index contributed by atoms with van der Waals surface area (Å²) < 4.78 is 49.4. The van der Waals surface area contributed by atoms with E-state index in [-0.39, 0.29) is 5.56 Å². The zero-order chi connectivity index (χ0) is 10.8. The lowest BCUT2D eigenvalue weighted by Crippen LogP contribution is -2.06. The first-order valence-corrected chi connectivity index (χ1v) is 3.74. The van der Waals surface area contributed by atoms with Crippen LogP contribution in [0.1, 0.15) is 11.1 Å². The molecule has 0 fully saturated rings. The van der Waals surface area contributed by atoms with E-state index in [4.69, 9.17) is 0 Å². The minimum atomic E-state index is -4.45. The number of aliphatic imine (C=N–C) groups is 1. The van der Waals surface area contributed by atoms with E-state index >= 15 is 0 Å². The maximum Gasteiger partial charge on any atom is 0.416 e. The van der Waals surface area contributed by atoms with Crippen molar-refractivity contribution in [2.24, 2.45) is 4.99 Å². The van der Waals surface area contributed by atoms with Crippen LogP contribution in [-0.2, 0) is 6.18 Å². The molecule has 0 heterocycles. The van der Waals surface area contributed by atoms with Crippen LogP contribution in [0.25, 0.3) is 0 Å². The first-order valence-electron chi connectivity index (χ1n) is 3.74. The molecule has 5 heteroatoms. The van der Waals surface area contributed by atoms with Crippen molar-refractivity contribution in [1.82, 2.24) is 0 Å². The van der Waals surface area contributed by atoms with Crippen LogP contribution in [0.5, 0.6) is 0 Å². The van der Waals surface area contributed by atoms with Crippen LogP contribution < -0.4 is 0 Å². The van der Waals surface area contributed by atoms with E-state index in [2.05, 4.69) is 4.99 Å². The molecule has 0 aromatic heterocycles. The zero-order valence-corrected chi connectivity index (χ0v) is 7.27. The number of hydrogen-bond acceptors (Lipinski definition) is 1. The first-order chi connectivity index (χ1) is 6.45. The second-order valence-electron chi connectivity index (χ2n) is 2.62. The SMILES string of the molecule is CN=Cc1cc(C(F)(F)F)ccc1F. The van der Waals surface area contributed by atoms with Crippen molar-refractivity contribution in [3.05, 3.63) is 35.1 Å². The van der Waals surface area contributed by atoms with Gasteiger partial charge in [-0.1, -0.05) is 0 Å². The van der Waals surface area contributed by atoms with E-state index in [1.165, 1.54) is 7.05 Å². The van der Waals surface area contributed by atoms with Crippen LogP contribution in [-0.4, -0.2) is 13.3 Å². The minimum Gasteiger partial charge on any atom is -0.296 e. The molecule has 76 valence electrons. The topological polar surface area (TPSA) is 12.4 Å². The normalized spacial score (nSPS) is 12.4. The molecule has 0 unspecified atom stereocenters. The van der Waals surface area contributed by atoms with E-state index < -0.39 is 17.6 Å². The van der Waals surface area contributed by atoms with E-state index in [0.717, 1.165) is 18.3 Å². The smallest absolute Gasteiger partial charge is 0.296 e. The van der Waals surface area contributed by atoms with Crippen molar-refractivity contribution in [2.75, 3.05) is 7.05 Å². The van der Waals surface area contributed by atoms with Gasteiger partial charge in [-0.2, -0.15) is 13.2 Å². The Balaban J connectivity index is 3.19. The van der Waals surface area contributed by atoms with Crippen molar-refractivity contribution in [2.45, 2.75) is 6.18 Å². The average Bonchev–Trinajstić information content (AvgIpc) is 2.07. The van der Waals surface area contributed by atoms with Gasteiger partial charge in [-0.3, -0.25) is 4.99 Å². The number of rotatable bonds is 1. The highest BCUT2D eigenvalue weighted by Gasteiger charge is 2.30. The maximum atomic E-state index is 12.9. The summed E-state index contributed by atoms with van der Waals surface area (Å²) in [6.45, 7) is 0. The van der Waals surface area contributed by atoms with Crippen molar-refractivity contribution in [3.8, 4) is 0 Å². The Morgan fingerprint density at radius 2 is 1.93 bits per heavy atom. The van der Waals surface area contributed by atoms with E-state index in [1.54, 1.807) is 0 Å². The van der Waals surface area contributed by atoms with Gasteiger partial charge in [0.05, 0.1) is 5.56 Å². The highest BCUT2D eigenvalue weighted by molar-refractivity contribution is 5.80. The molecule has 1 aromatic rings. The molecule has 0 N–H and O–H groups in total. The number of benzene rings is 1. The quantitative estimate of drug-likeness (QED) is 0.493. The fourth-order valence-corrected chi connectivity index (χ4v) is 0.958. The second-order valence-corrected chi connectivity index (χ2v) is 2.62. The molecule has 1 nitrogen and oxygen atoms in total. The van der Waals surface area contributed by atoms with Gasteiger partial charge >= 0.3 is 6.18 Å². The highest BCUT2D eigenvalue weighted by atomic mass is 19.4. The molecular weight excluding hydrogens is 198 g/mol. The van der Waals surface area contributed by atoms with Crippen molar-refractivity contribution in [1.29, 1.82) is 0 Å². The van der Waals surface area contributed by atoms with Gasteiger partial charge in [0.25, 0.3) is 0 Å². The number of alkyl halides is 3. The van der Waals surface area contributed by atoms with Crippen LogP contribution in [0.4, 0.5) is 17.6 Å². The summed E-state index contributed by atoms with van der Waals surface area (Å²) in [6, 6.07) is 2.20. The van der Waals surface area contributed by atoms with Crippen LogP contribution in [0.2, 0.25) is 0 Å². The largest absolute Gasteiger partial charge is 0.416 e. The Labute approximate surface area is 78.1 Å². The molecule has 0 radical (unpaired) electrons. The number of nitrogens with zero attached hydrogens (tertiary/aromatic N) is 1. The van der Waals surface area contributed by atoms with Crippen LogP contribution in [0, 0.1) is 5.82 Å². The third-order valence-electron chi connectivity index (χ3n) is 1.59. The fraction of sp³-hybridized carbons (Fsp3) is 0.222. The van der Waals surface area contributed by atoms with Gasteiger partial charge in [0, 0.05) is 18.8 Å². The van der Waals surface area contributed by atoms with Gasteiger partial charge < -0.3 is 0 Å². The molecule has 0 bridgehead atoms. The second kappa shape index (κ2) is 3.77. The number of halogens is 4. The first kappa shape index (κ1) is 10.7. The Morgan fingerprint density at radius 1 is 1.29 bits per heavy atom. The van der Waals surface area contributed by atoms with E-state index in [0.29, 0.717) is 6.07 Å². The number of hydrogen-bond donors (Lipinski definition) is 0. The van der Waals surface area contributed by atoms with Crippen LogP contribution in [0.3, 0.4) is 0 Å². The summed E-state index contributed by atoms with van der Waals surface area (Å²) in [5.74, 6) is -0.719. The van der Waals surface area contributed by atoms with Gasteiger partial charge in [0.15, 0.2) is 0 Å². The van der Waals surface area contributed by atoms with Gasteiger partial charge in [-0.15, -0.1) is 0 Å². The molecule has 1 rings (SSSR count). The molecule has 0 spiro atoms. The summed E-state index contributed by atoms with van der Waals surface area (Å²) in [5, 5.41) is 0. The summed E-state index contributed by atoms with van der Waals surface area (Å²) >= 11 is 0. The summed E-state index contributed by atoms with van der Waals surface area (Å²) in [4.78, 5) is 3.46. The Bertz CT molecular complexity index is 354. The monoisotopic (exact) mass is 205 g/mol. The van der Waals surface area contributed by atoms with Gasteiger partial charge in [0.1, 0.15) is 5.82 Å². The van der Waals surface area contributed by atoms with Crippen molar-refractivity contribution < 1.29 is 17.6 Å². The molecule has 0 aliphatic rings. The Kier molecular flexibility index (Phi) is 2.88. The molecule has 0 amide bonds. The van der Waals surface area contributed by atoms with Crippen molar-refractivity contribution in [3.63, 3.8) is 0 Å². The molecule has 0 atom stereocenters. The molecule has 1 aromatic carbocycles. The average molecular weight is 205 g/mol. The molecular formula is C9H7F4N. The molecule has 0 saturated carbocycles. The molecule has 0 aliphatic carbocycles. The standard InChI is InChI=1S/C9H7F4N/c1-14-5-6-4-7(9(11,12)13)2-3-8(6)10/h2-5H,1H3. The third kappa shape index (κ3) is 2.31. The lowest BCUT2D eigenvalue weighted by atomic mass is 10.1.